The largest absolute Gasteiger partial charge is 0.497 e. The van der Waals surface area contributed by atoms with Gasteiger partial charge in [0.2, 0.25) is 0 Å². The molecule has 0 amide bonds. The molecule has 122 valence electrons. The van der Waals surface area contributed by atoms with Crippen molar-refractivity contribution in [2.45, 2.75) is 18.2 Å². The molecule has 0 spiro atoms. The smallest absolute Gasteiger partial charge is 0.293 e. The maximum atomic E-state index is 12.4. The summed E-state index contributed by atoms with van der Waals surface area (Å²) in [6.07, 6.45) is 0.830. The molecule has 2 aromatic rings. The molecule has 0 bridgehead atoms. The van der Waals surface area contributed by atoms with E-state index in [1.807, 2.05) is 6.92 Å². The standard InChI is InChI=1S/C15H16N2O5S/c1-3-11-4-6-12(7-5-11)16-23(20,21)15-9-8-13(22-2)10-14(15)17(18)19/h4-10,16H,3H2,1-2H3. The number of rotatable bonds is 6. The van der Waals surface area contributed by atoms with Gasteiger partial charge in [-0.1, -0.05) is 19.1 Å². The monoisotopic (exact) mass is 336 g/mol. The number of sulfonamides is 1. The summed E-state index contributed by atoms with van der Waals surface area (Å²) in [5.41, 5.74) is 0.859. The van der Waals surface area contributed by atoms with Crippen LogP contribution in [0.3, 0.4) is 0 Å². The van der Waals surface area contributed by atoms with Crippen LogP contribution in [0.1, 0.15) is 12.5 Å². The molecule has 23 heavy (non-hydrogen) atoms. The number of anilines is 1. The molecule has 1 N–H and O–H groups in total. The Labute approximate surface area is 134 Å². The van der Waals surface area contributed by atoms with Crippen molar-refractivity contribution in [3.63, 3.8) is 0 Å². The molecular weight excluding hydrogens is 320 g/mol. The van der Waals surface area contributed by atoms with Crippen molar-refractivity contribution in [3.05, 3.63) is 58.1 Å². The molecular formula is C15H16N2O5S. The molecule has 0 atom stereocenters. The van der Waals surface area contributed by atoms with Gasteiger partial charge in [-0.25, -0.2) is 8.42 Å². The highest BCUT2D eigenvalue weighted by Crippen LogP contribution is 2.29. The maximum absolute atomic E-state index is 12.4. The normalized spacial score (nSPS) is 11.0. The fraction of sp³-hybridized carbons (Fsp3) is 0.200. The fourth-order valence-corrected chi connectivity index (χ4v) is 3.23. The molecule has 0 aromatic heterocycles. The Bertz CT molecular complexity index is 816. The Balaban J connectivity index is 2.40. The van der Waals surface area contributed by atoms with Crippen LogP contribution in [0.4, 0.5) is 11.4 Å². The minimum atomic E-state index is -4.08. The first kappa shape index (κ1) is 16.8. The summed E-state index contributed by atoms with van der Waals surface area (Å²) in [6, 6.07) is 10.4. The molecule has 7 nitrogen and oxygen atoms in total. The SMILES string of the molecule is CCc1ccc(NS(=O)(=O)c2ccc(OC)cc2[N+](=O)[O-])cc1. The molecule has 0 aliphatic rings. The third-order valence-corrected chi connectivity index (χ3v) is 4.70. The second-order valence-electron chi connectivity index (χ2n) is 4.75. The van der Waals surface area contributed by atoms with Crippen molar-refractivity contribution < 1.29 is 18.1 Å². The molecule has 0 aliphatic carbocycles. The van der Waals surface area contributed by atoms with Crippen molar-refractivity contribution in [2.75, 3.05) is 11.8 Å². The summed E-state index contributed by atoms with van der Waals surface area (Å²) in [5, 5.41) is 11.1. The van der Waals surface area contributed by atoms with Crippen molar-refractivity contribution in [1.82, 2.24) is 0 Å². The Morgan fingerprint density at radius 3 is 2.35 bits per heavy atom. The molecule has 0 radical (unpaired) electrons. The van der Waals surface area contributed by atoms with Crippen LogP contribution < -0.4 is 9.46 Å². The quantitative estimate of drug-likeness (QED) is 0.646. The van der Waals surface area contributed by atoms with Gasteiger partial charge >= 0.3 is 0 Å². The highest BCUT2D eigenvalue weighted by Gasteiger charge is 2.26. The van der Waals surface area contributed by atoms with Gasteiger partial charge in [-0.15, -0.1) is 0 Å². The number of ether oxygens (including phenoxy) is 1. The summed E-state index contributed by atoms with van der Waals surface area (Å²) in [7, 11) is -2.73. The van der Waals surface area contributed by atoms with Crippen LogP contribution >= 0.6 is 0 Å². The van der Waals surface area contributed by atoms with Crippen molar-refractivity contribution in [2.24, 2.45) is 0 Å². The van der Waals surface area contributed by atoms with E-state index in [1.54, 1.807) is 24.3 Å². The number of aryl methyl sites for hydroxylation is 1. The molecule has 0 heterocycles. The summed E-state index contributed by atoms with van der Waals surface area (Å²) >= 11 is 0. The molecule has 0 fully saturated rings. The number of nitrogens with one attached hydrogen (secondary N) is 1. The van der Waals surface area contributed by atoms with E-state index in [9.17, 15) is 18.5 Å². The van der Waals surface area contributed by atoms with Crippen LogP contribution in [0.2, 0.25) is 0 Å². The van der Waals surface area contributed by atoms with Crippen LogP contribution in [-0.4, -0.2) is 20.5 Å². The van der Waals surface area contributed by atoms with E-state index in [0.717, 1.165) is 24.1 Å². The van der Waals surface area contributed by atoms with Crippen LogP contribution in [0.5, 0.6) is 5.75 Å². The van der Waals surface area contributed by atoms with Crippen LogP contribution in [-0.2, 0) is 16.4 Å². The Morgan fingerprint density at radius 2 is 1.83 bits per heavy atom. The minimum absolute atomic E-state index is 0.211. The van der Waals surface area contributed by atoms with Crippen LogP contribution in [0.15, 0.2) is 47.4 Å². The van der Waals surface area contributed by atoms with E-state index in [-0.39, 0.29) is 5.75 Å². The Hall–Kier alpha value is -2.61. The molecule has 2 aromatic carbocycles. The van der Waals surface area contributed by atoms with Gasteiger partial charge in [-0.2, -0.15) is 0 Å². The van der Waals surface area contributed by atoms with Gasteiger partial charge in [0.25, 0.3) is 15.7 Å². The van der Waals surface area contributed by atoms with Crippen LogP contribution in [0, 0.1) is 10.1 Å². The van der Waals surface area contributed by atoms with E-state index < -0.39 is 25.5 Å². The lowest BCUT2D eigenvalue weighted by molar-refractivity contribution is -0.387. The van der Waals surface area contributed by atoms with Crippen molar-refractivity contribution >= 4 is 21.4 Å². The predicted molar refractivity (Wildman–Crippen MR) is 86.3 cm³/mol. The second kappa shape index (κ2) is 6.66. The summed E-state index contributed by atoms with van der Waals surface area (Å²) in [5.74, 6) is 0.211. The summed E-state index contributed by atoms with van der Waals surface area (Å²) < 4.78 is 32.1. The lowest BCUT2D eigenvalue weighted by Crippen LogP contribution is -2.14. The fourth-order valence-electron chi connectivity index (χ4n) is 2.01. The number of nitrogens with zero attached hydrogens (tertiary/aromatic N) is 1. The topological polar surface area (TPSA) is 98.5 Å². The predicted octanol–water partition coefficient (Wildman–Crippen LogP) is 2.97. The van der Waals surface area contributed by atoms with Gasteiger partial charge < -0.3 is 4.74 Å². The number of hydrogen-bond acceptors (Lipinski definition) is 5. The third-order valence-electron chi connectivity index (χ3n) is 3.27. The molecule has 0 saturated heterocycles. The van der Waals surface area contributed by atoms with Crippen LogP contribution in [0.25, 0.3) is 0 Å². The van der Waals surface area contributed by atoms with Gasteiger partial charge in [0.05, 0.1) is 18.1 Å². The zero-order valence-corrected chi connectivity index (χ0v) is 13.5. The molecule has 0 saturated carbocycles. The number of benzene rings is 2. The Morgan fingerprint density at radius 1 is 1.17 bits per heavy atom. The van der Waals surface area contributed by atoms with Gasteiger partial charge in [-0.3, -0.25) is 14.8 Å². The lowest BCUT2D eigenvalue weighted by Gasteiger charge is -2.10. The number of nitro groups is 1. The molecule has 8 heteroatoms. The molecule has 2 rings (SSSR count). The maximum Gasteiger partial charge on any atom is 0.293 e. The first-order valence-electron chi connectivity index (χ1n) is 6.81. The first-order chi connectivity index (χ1) is 10.9. The van der Waals surface area contributed by atoms with Crippen molar-refractivity contribution in [3.8, 4) is 5.75 Å². The van der Waals surface area contributed by atoms with Gasteiger partial charge in [-0.05, 0) is 36.2 Å². The molecule has 0 unspecified atom stereocenters. The number of hydrogen-bond donors (Lipinski definition) is 1. The van der Waals surface area contributed by atoms with Gasteiger partial charge in [0, 0.05) is 5.69 Å². The molecule has 0 aliphatic heterocycles. The highest BCUT2D eigenvalue weighted by molar-refractivity contribution is 7.92. The van der Waals surface area contributed by atoms with Gasteiger partial charge in [0.15, 0.2) is 4.90 Å². The lowest BCUT2D eigenvalue weighted by atomic mass is 10.2. The zero-order valence-electron chi connectivity index (χ0n) is 12.6. The second-order valence-corrected chi connectivity index (χ2v) is 6.40. The minimum Gasteiger partial charge on any atom is -0.497 e. The zero-order chi connectivity index (χ0) is 17.0. The van der Waals surface area contributed by atoms with E-state index in [1.165, 1.54) is 13.2 Å². The Kier molecular flexibility index (Phi) is 4.85. The summed E-state index contributed by atoms with van der Waals surface area (Å²) in [6.45, 7) is 1.99. The van der Waals surface area contributed by atoms with E-state index in [0.29, 0.717) is 5.69 Å². The average Bonchev–Trinajstić information content (AvgIpc) is 2.54. The van der Waals surface area contributed by atoms with Gasteiger partial charge in [0.1, 0.15) is 5.75 Å². The number of methoxy groups -OCH3 is 1. The average molecular weight is 336 g/mol. The first-order valence-corrected chi connectivity index (χ1v) is 8.30. The van der Waals surface area contributed by atoms with E-state index in [4.69, 9.17) is 4.74 Å². The number of nitro benzene ring substituents is 1. The van der Waals surface area contributed by atoms with E-state index >= 15 is 0 Å². The van der Waals surface area contributed by atoms with Crippen molar-refractivity contribution in [1.29, 1.82) is 0 Å². The third kappa shape index (κ3) is 3.78. The highest BCUT2D eigenvalue weighted by atomic mass is 32.2. The van der Waals surface area contributed by atoms with E-state index in [2.05, 4.69) is 4.72 Å². The summed E-state index contributed by atoms with van der Waals surface area (Å²) in [4.78, 5) is 9.96.